The molecule has 0 nitrogen and oxygen atoms in total. The predicted molar refractivity (Wildman–Crippen MR) is 35.6 cm³/mol. The third-order valence-electron chi connectivity index (χ3n) is 0.957. The van der Waals surface area contributed by atoms with Gasteiger partial charge in [0.2, 0.25) is 0 Å². The SMILES string of the molecule is CCCCCC.[Sn]. The predicted octanol–water partition coefficient (Wildman–Crippen LogP) is 2.21. The molecule has 0 unspecified atom stereocenters. The Morgan fingerprint density at radius 3 is 1.29 bits per heavy atom. The van der Waals surface area contributed by atoms with Crippen LogP contribution in [-0.2, 0) is 0 Å². The van der Waals surface area contributed by atoms with E-state index in [4.69, 9.17) is 0 Å². The molecule has 0 aromatic rings. The molecule has 0 saturated carbocycles. The van der Waals surface area contributed by atoms with Crippen LogP contribution >= 0.6 is 0 Å². The Labute approximate surface area is 63.6 Å². The smallest absolute Gasteiger partial charge is 0 e. The first-order valence-electron chi connectivity index (χ1n) is 2.91. The van der Waals surface area contributed by atoms with Gasteiger partial charge >= 0.3 is 0 Å². The van der Waals surface area contributed by atoms with Crippen LogP contribution in [0.1, 0.15) is 39.5 Å². The molecule has 0 atom stereocenters. The summed E-state index contributed by atoms with van der Waals surface area (Å²) in [7, 11) is 0. The standard InChI is InChI=1S/C6H14.Sn/c1-3-5-6-4-2;/h3-6H2,1-2H3;. The zero-order chi connectivity index (χ0) is 4.83. The van der Waals surface area contributed by atoms with Crippen molar-refractivity contribution in [3.63, 3.8) is 0 Å². The molecular weight excluding hydrogens is 191 g/mol. The summed E-state index contributed by atoms with van der Waals surface area (Å²) in [4.78, 5) is 0. The van der Waals surface area contributed by atoms with Crippen molar-refractivity contribution in [2.45, 2.75) is 39.5 Å². The largest absolute Gasteiger partial charge is 0.0654 e. The normalized spacial score (nSPS) is 7.71. The third-order valence-corrected chi connectivity index (χ3v) is 0.957. The summed E-state index contributed by atoms with van der Waals surface area (Å²) < 4.78 is 0. The van der Waals surface area contributed by atoms with Gasteiger partial charge in [-0.3, -0.25) is 0 Å². The van der Waals surface area contributed by atoms with Gasteiger partial charge in [0.15, 0.2) is 0 Å². The van der Waals surface area contributed by atoms with Crippen LogP contribution in [0.4, 0.5) is 0 Å². The Morgan fingerprint density at radius 2 is 1.14 bits per heavy atom. The zero-order valence-electron chi connectivity index (χ0n) is 5.33. The van der Waals surface area contributed by atoms with Gasteiger partial charge in [-0.05, 0) is 0 Å². The molecule has 0 saturated heterocycles. The van der Waals surface area contributed by atoms with Crippen LogP contribution in [0.5, 0.6) is 0 Å². The van der Waals surface area contributed by atoms with Gasteiger partial charge in [0.1, 0.15) is 0 Å². The van der Waals surface area contributed by atoms with E-state index in [0.29, 0.717) is 0 Å². The van der Waals surface area contributed by atoms with Crippen LogP contribution in [0.2, 0.25) is 0 Å². The van der Waals surface area contributed by atoms with E-state index in [2.05, 4.69) is 13.8 Å². The summed E-state index contributed by atoms with van der Waals surface area (Å²) in [5, 5.41) is 0. The summed E-state index contributed by atoms with van der Waals surface area (Å²) in [5.74, 6) is 0. The molecule has 0 amide bonds. The first-order valence-corrected chi connectivity index (χ1v) is 2.91. The first-order chi connectivity index (χ1) is 2.91. The average molecular weight is 205 g/mol. The van der Waals surface area contributed by atoms with Gasteiger partial charge in [0.05, 0.1) is 0 Å². The fraction of sp³-hybridized carbons (Fsp3) is 1.00. The molecule has 0 aliphatic rings. The van der Waals surface area contributed by atoms with Gasteiger partial charge in [0.25, 0.3) is 0 Å². The molecule has 0 aliphatic heterocycles. The molecule has 0 heterocycles. The quantitative estimate of drug-likeness (QED) is 0.489. The van der Waals surface area contributed by atoms with E-state index < -0.39 is 0 Å². The van der Waals surface area contributed by atoms with Gasteiger partial charge < -0.3 is 0 Å². The van der Waals surface area contributed by atoms with Crippen LogP contribution in [0.15, 0.2) is 0 Å². The molecule has 0 rings (SSSR count). The maximum absolute atomic E-state index is 2.23. The molecular formula is C6H14Sn. The van der Waals surface area contributed by atoms with Gasteiger partial charge in [-0.2, -0.15) is 0 Å². The van der Waals surface area contributed by atoms with E-state index in [9.17, 15) is 0 Å². The molecule has 0 spiro atoms. The average Bonchev–Trinajstić information content (AvgIpc) is 1.61. The molecule has 0 aromatic heterocycles. The summed E-state index contributed by atoms with van der Waals surface area (Å²) in [6.07, 6.45) is 5.54. The molecule has 1 heteroatoms. The molecule has 7 heavy (non-hydrogen) atoms. The fourth-order valence-corrected chi connectivity index (χ4v) is 0.500. The number of rotatable bonds is 3. The Hall–Kier alpha value is 0.799. The van der Waals surface area contributed by atoms with E-state index in [0.717, 1.165) is 0 Å². The van der Waals surface area contributed by atoms with Crippen LogP contribution in [0.3, 0.4) is 0 Å². The Morgan fingerprint density at radius 1 is 0.857 bits per heavy atom. The van der Waals surface area contributed by atoms with E-state index in [1.165, 1.54) is 25.7 Å². The van der Waals surface area contributed by atoms with Crippen molar-refractivity contribution in [1.82, 2.24) is 0 Å². The van der Waals surface area contributed by atoms with Crippen LogP contribution in [0.25, 0.3) is 0 Å². The van der Waals surface area contributed by atoms with E-state index in [1.54, 1.807) is 0 Å². The molecule has 0 N–H and O–H groups in total. The minimum Gasteiger partial charge on any atom is -0.0654 e. The Kier molecular flexibility index (Phi) is 15.2. The minimum absolute atomic E-state index is 0. The molecule has 0 bridgehead atoms. The maximum Gasteiger partial charge on any atom is 0 e. The molecule has 0 aliphatic carbocycles. The maximum atomic E-state index is 2.23. The van der Waals surface area contributed by atoms with Gasteiger partial charge in [-0.25, -0.2) is 0 Å². The minimum atomic E-state index is 0. The topological polar surface area (TPSA) is 0 Å². The van der Waals surface area contributed by atoms with Crippen molar-refractivity contribution >= 4 is 23.9 Å². The van der Waals surface area contributed by atoms with E-state index in [-0.39, 0.29) is 23.9 Å². The van der Waals surface area contributed by atoms with Crippen molar-refractivity contribution in [2.24, 2.45) is 0 Å². The zero-order valence-corrected chi connectivity index (χ0v) is 8.18. The van der Waals surface area contributed by atoms with Crippen molar-refractivity contribution in [3.05, 3.63) is 0 Å². The number of unbranched alkanes of at least 4 members (excludes halogenated alkanes) is 3. The summed E-state index contributed by atoms with van der Waals surface area (Å²) in [6.45, 7) is 4.46. The number of hydrogen-bond acceptors (Lipinski definition) is 0. The van der Waals surface area contributed by atoms with Gasteiger partial charge in [-0.15, -0.1) is 0 Å². The van der Waals surface area contributed by atoms with Crippen molar-refractivity contribution in [2.75, 3.05) is 0 Å². The molecule has 4 radical (unpaired) electrons. The van der Waals surface area contributed by atoms with E-state index >= 15 is 0 Å². The third kappa shape index (κ3) is 10.8. The van der Waals surface area contributed by atoms with Crippen LogP contribution in [-0.4, -0.2) is 23.9 Å². The van der Waals surface area contributed by atoms with Crippen molar-refractivity contribution in [1.29, 1.82) is 0 Å². The van der Waals surface area contributed by atoms with E-state index in [1.807, 2.05) is 0 Å². The molecule has 0 aromatic carbocycles. The Balaban J connectivity index is 0. The van der Waals surface area contributed by atoms with Gasteiger partial charge in [0, 0.05) is 23.9 Å². The summed E-state index contributed by atoms with van der Waals surface area (Å²) in [5.41, 5.74) is 0. The van der Waals surface area contributed by atoms with Gasteiger partial charge in [-0.1, -0.05) is 39.5 Å². The summed E-state index contributed by atoms with van der Waals surface area (Å²) in [6, 6.07) is 0. The van der Waals surface area contributed by atoms with Crippen LogP contribution in [0, 0.1) is 0 Å². The molecule has 0 fully saturated rings. The first kappa shape index (κ1) is 10.7. The second-order valence-electron chi connectivity index (χ2n) is 1.71. The summed E-state index contributed by atoms with van der Waals surface area (Å²) >= 11 is 0. The monoisotopic (exact) mass is 206 g/mol. The Bertz CT molecular complexity index is 16.1. The van der Waals surface area contributed by atoms with Crippen molar-refractivity contribution < 1.29 is 0 Å². The fourth-order valence-electron chi connectivity index (χ4n) is 0.500. The second kappa shape index (κ2) is 9.93. The number of hydrogen-bond donors (Lipinski definition) is 0. The molecule has 42 valence electrons. The van der Waals surface area contributed by atoms with Crippen molar-refractivity contribution in [3.8, 4) is 0 Å². The van der Waals surface area contributed by atoms with Crippen LogP contribution < -0.4 is 0 Å². The second-order valence-corrected chi connectivity index (χ2v) is 1.71.